The van der Waals surface area contributed by atoms with E-state index in [-0.39, 0.29) is 5.92 Å². The number of hydrogen-bond donors (Lipinski definition) is 0. The summed E-state index contributed by atoms with van der Waals surface area (Å²) >= 11 is 0. The van der Waals surface area contributed by atoms with Crippen LogP contribution in [-0.4, -0.2) is 19.4 Å². The van der Waals surface area contributed by atoms with Crippen molar-refractivity contribution in [1.29, 1.82) is 0 Å². The topological polar surface area (TPSA) is 9.23 Å². The fourth-order valence-corrected chi connectivity index (χ4v) is 0.992. The van der Waals surface area contributed by atoms with Gasteiger partial charge in [0.1, 0.15) is 0 Å². The van der Waals surface area contributed by atoms with Gasteiger partial charge in [-0.25, -0.2) is 0 Å². The Labute approximate surface area is 57.2 Å². The summed E-state index contributed by atoms with van der Waals surface area (Å²) in [5.41, 5.74) is 0. The normalized spacial score (nSPS) is 22.8. The predicted molar refractivity (Wildman–Crippen MR) is 29.6 cm³/mol. The minimum absolute atomic E-state index is 0.273. The standard InChI is InChI=1S/C6H9F3O/c1-10-5(4-2-3-4)6(7,8)9/h4-5H,2-3H2,1H3. The molecule has 1 nitrogen and oxygen atoms in total. The van der Waals surface area contributed by atoms with Crippen molar-refractivity contribution in [2.75, 3.05) is 7.11 Å². The molecule has 0 aliphatic heterocycles. The summed E-state index contributed by atoms with van der Waals surface area (Å²) in [6.07, 6.45) is -4.39. The molecule has 0 N–H and O–H groups in total. The first kappa shape index (κ1) is 7.85. The van der Waals surface area contributed by atoms with Crippen LogP contribution in [0.1, 0.15) is 12.8 Å². The number of alkyl halides is 3. The second-order valence-electron chi connectivity index (χ2n) is 2.54. The van der Waals surface area contributed by atoms with E-state index in [4.69, 9.17) is 0 Å². The summed E-state index contributed by atoms with van der Waals surface area (Å²) in [6.45, 7) is 0. The van der Waals surface area contributed by atoms with Crippen molar-refractivity contribution in [1.82, 2.24) is 0 Å². The van der Waals surface area contributed by atoms with E-state index < -0.39 is 12.3 Å². The molecule has 1 atom stereocenters. The number of methoxy groups -OCH3 is 1. The van der Waals surface area contributed by atoms with Crippen LogP contribution in [0.4, 0.5) is 13.2 Å². The van der Waals surface area contributed by atoms with Gasteiger partial charge in [0.05, 0.1) is 0 Å². The first-order chi connectivity index (χ1) is 4.55. The van der Waals surface area contributed by atoms with E-state index >= 15 is 0 Å². The summed E-state index contributed by atoms with van der Waals surface area (Å²) in [6, 6.07) is 0. The van der Waals surface area contributed by atoms with Crippen molar-refractivity contribution in [3.8, 4) is 0 Å². The van der Waals surface area contributed by atoms with Gasteiger partial charge < -0.3 is 4.74 Å². The fraction of sp³-hybridized carbons (Fsp3) is 1.00. The van der Waals surface area contributed by atoms with Gasteiger partial charge in [-0.3, -0.25) is 0 Å². The molecule has 0 radical (unpaired) electrons. The maximum Gasteiger partial charge on any atom is 0.414 e. The van der Waals surface area contributed by atoms with E-state index in [1.807, 2.05) is 0 Å². The second-order valence-corrected chi connectivity index (χ2v) is 2.54. The van der Waals surface area contributed by atoms with Crippen LogP contribution in [-0.2, 0) is 4.74 Å². The fourth-order valence-electron chi connectivity index (χ4n) is 0.992. The Morgan fingerprint density at radius 3 is 2.00 bits per heavy atom. The lowest BCUT2D eigenvalue weighted by Crippen LogP contribution is -2.32. The molecule has 1 fully saturated rings. The molecule has 0 spiro atoms. The Hall–Kier alpha value is -0.250. The van der Waals surface area contributed by atoms with Gasteiger partial charge in [-0.05, 0) is 18.8 Å². The smallest absolute Gasteiger partial charge is 0.372 e. The molecule has 0 aromatic heterocycles. The third-order valence-corrected chi connectivity index (χ3v) is 1.63. The van der Waals surface area contributed by atoms with Crippen LogP contribution in [0.5, 0.6) is 0 Å². The van der Waals surface area contributed by atoms with Crippen LogP contribution in [0.25, 0.3) is 0 Å². The van der Waals surface area contributed by atoms with Crippen LogP contribution in [0.2, 0.25) is 0 Å². The molecule has 0 amide bonds. The van der Waals surface area contributed by atoms with Gasteiger partial charge in [-0.2, -0.15) is 13.2 Å². The summed E-state index contributed by atoms with van der Waals surface area (Å²) < 4.78 is 40.0. The molecule has 0 heterocycles. The molecule has 1 saturated carbocycles. The van der Waals surface area contributed by atoms with Crippen molar-refractivity contribution >= 4 is 0 Å². The van der Waals surface area contributed by atoms with Crippen LogP contribution < -0.4 is 0 Å². The zero-order chi connectivity index (χ0) is 7.78. The van der Waals surface area contributed by atoms with Crippen molar-refractivity contribution in [3.63, 3.8) is 0 Å². The van der Waals surface area contributed by atoms with Crippen molar-refractivity contribution < 1.29 is 17.9 Å². The molecular weight excluding hydrogens is 145 g/mol. The average molecular weight is 154 g/mol. The number of hydrogen-bond acceptors (Lipinski definition) is 1. The first-order valence-corrected chi connectivity index (χ1v) is 3.15. The summed E-state index contributed by atoms with van der Waals surface area (Å²) in [5, 5.41) is 0. The van der Waals surface area contributed by atoms with Crippen LogP contribution in [0, 0.1) is 5.92 Å². The molecule has 0 saturated heterocycles. The lowest BCUT2D eigenvalue weighted by molar-refractivity contribution is -0.218. The van der Waals surface area contributed by atoms with E-state index in [0.717, 1.165) is 7.11 Å². The van der Waals surface area contributed by atoms with E-state index in [1.165, 1.54) is 0 Å². The lowest BCUT2D eigenvalue weighted by Gasteiger charge is -2.17. The van der Waals surface area contributed by atoms with Gasteiger partial charge in [-0.15, -0.1) is 0 Å². The molecule has 1 aliphatic rings. The van der Waals surface area contributed by atoms with Gasteiger partial charge in [-0.1, -0.05) is 0 Å². The number of halogens is 3. The quantitative estimate of drug-likeness (QED) is 0.590. The molecular formula is C6H9F3O. The molecule has 0 aromatic carbocycles. The minimum Gasteiger partial charge on any atom is -0.372 e. The Balaban J connectivity index is 2.46. The summed E-state index contributed by atoms with van der Waals surface area (Å²) in [5.74, 6) is -0.273. The Morgan fingerprint density at radius 1 is 1.40 bits per heavy atom. The maximum atomic E-state index is 11.9. The molecule has 1 rings (SSSR count). The maximum absolute atomic E-state index is 11.9. The van der Waals surface area contributed by atoms with E-state index in [2.05, 4.69) is 4.74 Å². The third-order valence-electron chi connectivity index (χ3n) is 1.63. The molecule has 0 bridgehead atoms. The van der Waals surface area contributed by atoms with Gasteiger partial charge in [0.15, 0.2) is 6.10 Å². The van der Waals surface area contributed by atoms with E-state index in [0.29, 0.717) is 12.8 Å². The molecule has 60 valence electrons. The number of ether oxygens (including phenoxy) is 1. The third kappa shape index (κ3) is 1.62. The van der Waals surface area contributed by atoms with Gasteiger partial charge in [0.25, 0.3) is 0 Å². The highest BCUT2D eigenvalue weighted by Gasteiger charge is 2.49. The zero-order valence-corrected chi connectivity index (χ0v) is 5.61. The molecule has 1 aliphatic carbocycles. The van der Waals surface area contributed by atoms with E-state index in [1.54, 1.807) is 0 Å². The average Bonchev–Trinajstić information content (AvgIpc) is 2.46. The summed E-state index contributed by atoms with van der Waals surface area (Å²) in [7, 11) is 1.11. The highest BCUT2D eigenvalue weighted by molar-refractivity contribution is 4.86. The molecule has 1 unspecified atom stereocenters. The first-order valence-electron chi connectivity index (χ1n) is 3.15. The van der Waals surface area contributed by atoms with Crippen LogP contribution >= 0.6 is 0 Å². The Bertz CT molecular complexity index is 117. The second kappa shape index (κ2) is 2.42. The van der Waals surface area contributed by atoms with Crippen LogP contribution in [0.3, 0.4) is 0 Å². The molecule has 0 aromatic rings. The van der Waals surface area contributed by atoms with Crippen molar-refractivity contribution in [2.45, 2.75) is 25.1 Å². The van der Waals surface area contributed by atoms with Gasteiger partial charge in [0, 0.05) is 7.11 Å². The Kier molecular flexibility index (Phi) is 1.90. The van der Waals surface area contributed by atoms with Crippen LogP contribution in [0.15, 0.2) is 0 Å². The lowest BCUT2D eigenvalue weighted by atomic mass is 10.2. The minimum atomic E-state index is -4.17. The SMILES string of the molecule is COC(C1CC1)C(F)(F)F. The zero-order valence-electron chi connectivity index (χ0n) is 5.61. The van der Waals surface area contributed by atoms with Gasteiger partial charge in [0.2, 0.25) is 0 Å². The monoisotopic (exact) mass is 154 g/mol. The number of rotatable bonds is 2. The Morgan fingerprint density at radius 2 is 1.90 bits per heavy atom. The highest BCUT2D eigenvalue weighted by Crippen LogP contribution is 2.41. The molecule has 4 heteroatoms. The van der Waals surface area contributed by atoms with Gasteiger partial charge >= 0.3 is 6.18 Å². The van der Waals surface area contributed by atoms with E-state index in [9.17, 15) is 13.2 Å². The largest absolute Gasteiger partial charge is 0.414 e. The summed E-state index contributed by atoms with van der Waals surface area (Å²) in [4.78, 5) is 0. The van der Waals surface area contributed by atoms with Crippen molar-refractivity contribution in [3.05, 3.63) is 0 Å². The highest BCUT2D eigenvalue weighted by atomic mass is 19.4. The predicted octanol–water partition coefficient (Wildman–Crippen LogP) is 1.97. The molecule has 10 heavy (non-hydrogen) atoms. The van der Waals surface area contributed by atoms with Crippen molar-refractivity contribution in [2.24, 2.45) is 5.92 Å².